The van der Waals surface area contributed by atoms with E-state index in [4.69, 9.17) is 9.57 Å². The molecule has 0 unspecified atom stereocenters. The van der Waals surface area contributed by atoms with Gasteiger partial charge in [-0.1, -0.05) is 46.3 Å². The first-order valence-electron chi connectivity index (χ1n) is 7.31. The van der Waals surface area contributed by atoms with Gasteiger partial charge in [-0.3, -0.25) is 19.3 Å². The van der Waals surface area contributed by atoms with Crippen LogP contribution < -0.4 is 15.1 Å². The lowest BCUT2D eigenvalue weighted by Crippen LogP contribution is -2.45. The summed E-state index contributed by atoms with van der Waals surface area (Å²) in [5, 5.41) is 0. The zero-order chi connectivity index (χ0) is 16.9. The van der Waals surface area contributed by atoms with Gasteiger partial charge in [-0.25, -0.2) is 5.48 Å². The van der Waals surface area contributed by atoms with Crippen molar-refractivity contribution < 1.29 is 19.2 Å². The van der Waals surface area contributed by atoms with E-state index < -0.39 is 5.91 Å². The van der Waals surface area contributed by atoms with E-state index in [-0.39, 0.29) is 25.7 Å². The predicted molar refractivity (Wildman–Crippen MR) is 91.4 cm³/mol. The Hall–Kier alpha value is -2.38. The second-order valence-corrected chi connectivity index (χ2v) is 6.10. The van der Waals surface area contributed by atoms with Gasteiger partial charge in [-0.05, 0) is 23.8 Å². The van der Waals surface area contributed by atoms with E-state index in [0.717, 1.165) is 10.0 Å². The minimum Gasteiger partial charge on any atom is -0.482 e. The third kappa shape index (κ3) is 3.93. The van der Waals surface area contributed by atoms with Crippen LogP contribution in [0.15, 0.2) is 53.0 Å². The average molecular weight is 391 g/mol. The Labute approximate surface area is 147 Å². The molecule has 124 valence electrons. The first-order chi connectivity index (χ1) is 11.6. The molecule has 0 bridgehead atoms. The number of nitrogens with one attached hydrogen (secondary N) is 1. The summed E-state index contributed by atoms with van der Waals surface area (Å²) in [5.41, 5.74) is 3.86. The number of amides is 2. The Morgan fingerprint density at radius 2 is 2.04 bits per heavy atom. The quantitative estimate of drug-likeness (QED) is 0.796. The van der Waals surface area contributed by atoms with Crippen LogP contribution in [0.2, 0.25) is 0 Å². The third-order valence-corrected chi connectivity index (χ3v) is 3.93. The van der Waals surface area contributed by atoms with E-state index in [0.29, 0.717) is 11.4 Å². The van der Waals surface area contributed by atoms with E-state index >= 15 is 0 Å². The number of anilines is 1. The number of carbonyl (C=O) groups is 2. The summed E-state index contributed by atoms with van der Waals surface area (Å²) >= 11 is 3.35. The highest BCUT2D eigenvalue weighted by molar-refractivity contribution is 9.10. The normalized spacial score (nSPS) is 13.2. The third-order valence-electron chi connectivity index (χ3n) is 3.43. The zero-order valence-electron chi connectivity index (χ0n) is 12.7. The molecule has 2 aromatic rings. The minimum absolute atomic E-state index is 0.0956. The zero-order valence-corrected chi connectivity index (χ0v) is 14.3. The molecule has 24 heavy (non-hydrogen) atoms. The molecule has 0 aromatic heterocycles. The van der Waals surface area contributed by atoms with Crippen molar-refractivity contribution in [2.45, 2.75) is 6.61 Å². The van der Waals surface area contributed by atoms with E-state index in [2.05, 4.69) is 21.4 Å². The van der Waals surface area contributed by atoms with E-state index in [1.807, 2.05) is 30.3 Å². The Kier molecular flexibility index (Phi) is 5.12. The van der Waals surface area contributed by atoms with Gasteiger partial charge in [-0.2, -0.15) is 0 Å². The maximum absolute atomic E-state index is 12.0. The van der Waals surface area contributed by atoms with Crippen molar-refractivity contribution in [3.8, 4) is 5.75 Å². The number of rotatable bonds is 5. The summed E-state index contributed by atoms with van der Waals surface area (Å²) in [5.74, 6) is -0.125. The molecule has 6 nitrogen and oxygen atoms in total. The van der Waals surface area contributed by atoms with Gasteiger partial charge < -0.3 is 4.74 Å². The molecule has 0 atom stereocenters. The number of carbonyl (C=O) groups excluding carboxylic acids is 2. The predicted octanol–water partition coefficient (Wildman–Crippen LogP) is 2.42. The van der Waals surface area contributed by atoms with Crippen LogP contribution in [0.25, 0.3) is 0 Å². The molecular formula is C17H15BrN2O4. The summed E-state index contributed by atoms with van der Waals surface area (Å²) in [7, 11) is 0. The number of ether oxygens (including phenoxy) is 1. The van der Waals surface area contributed by atoms with Crippen LogP contribution >= 0.6 is 15.9 Å². The second kappa shape index (κ2) is 7.46. The fraction of sp³-hybridized carbons (Fsp3) is 0.176. The number of benzene rings is 2. The molecule has 0 fully saturated rings. The SMILES string of the molecule is O=C(CN1C(=O)COc2cc(Br)ccc21)NOCc1ccccc1. The fourth-order valence-electron chi connectivity index (χ4n) is 2.30. The highest BCUT2D eigenvalue weighted by Gasteiger charge is 2.27. The van der Waals surface area contributed by atoms with Crippen LogP contribution in [-0.2, 0) is 21.0 Å². The summed E-state index contributed by atoms with van der Waals surface area (Å²) in [4.78, 5) is 30.7. The average Bonchev–Trinajstić information content (AvgIpc) is 2.58. The van der Waals surface area contributed by atoms with Gasteiger partial charge in [0.25, 0.3) is 11.8 Å². The topological polar surface area (TPSA) is 67.9 Å². The Morgan fingerprint density at radius 3 is 2.83 bits per heavy atom. The number of halogens is 1. The molecule has 2 aromatic carbocycles. The number of hydrogen-bond donors (Lipinski definition) is 1. The van der Waals surface area contributed by atoms with Crippen LogP contribution in [0.5, 0.6) is 5.75 Å². The molecule has 3 rings (SSSR count). The number of nitrogens with zero attached hydrogens (tertiary/aromatic N) is 1. The van der Waals surface area contributed by atoms with Gasteiger partial charge in [0.1, 0.15) is 12.3 Å². The van der Waals surface area contributed by atoms with Crippen molar-refractivity contribution in [3.05, 3.63) is 58.6 Å². The van der Waals surface area contributed by atoms with Gasteiger partial charge >= 0.3 is 0 Å². The lowest BCUT2D eigenvalue weighted by atomic mass is 10.2. The fourth-order valence-corrected chi connectivity index (χ4v) is 2.64. The molecule has 1 aliphatic heterocycles. The van der Waals surface area contributed by atoms with Crippen molar-refractivity contribution in [1.29, 1.82) is 0 Å². The van der Waals surface area contributed by atoms with Crippen LogP contribution in [0.4, 0.5) is 5.69 Å². The second-order valence-electron chi connectivity index (χ2n) is 5.18. The first-order valence-corrected chi connectivity index (χ1v) is 8.10. The Morgan fingerprint density at radius 1 is 1.25 bits per heavy atom. The van der Waals surface area contributed by atoms with Gasteiger partial charge in [0.15, 0.2) is 6.61 Å². The van der Waals surface area contributed by atoms with Crippen LogP contribution in [0, 0.1) is 0 Å². The number of hydroxylamine groups is 1. The molecule has 0 saturated carbocycles. The number of fused-ring (bicyclic) bond motifs is 1. The lowest BCUT2D eigenvalue weighted by molar-refractivity contribution is -0.134. The van der Waals surface area contributed by atoms with Crippen LogP contribution in [-0.4, -0.2) is 25.0 Å². The molecule has 1 heterocycles. The van der Waals surface area contributed by atoms with E-state index in [1.54, 1.807) is 18.2 Å². The summed E-state index contributed by atoms with van der Waals surface area (Å²) < 4.78 is 6.22. The molecule has 1 aliphatic rings. The molecule has 0 spiro atoms. The molecule has 0 aliphatic carbocycles. The maximum Gasteiger partial charge on any atom is 0.265 e. The first kappa shape index (κ1) is 16.5. The maximum atomic E-state index is 12.0. The van der Waals surface area contributed by atoms with Crippen molar-refractivity contribution in [2.24, 2.45) is 0 Å². The molecule has 2 amide bonds. The van der Waals surface area contributed by atoms with Crippen LogP contribution in [0.3, 0.4) is 0 Å². The standard InChI is InChI=1S/C17H15BrN2O4/c18-13-6-7-14-15(8-13)23-11-17(22)20(14)9-16(21)19-24-10-12-4-2-1-3-5-12/h1-8H,9-11H2,(H,19,21). The summed E-state index contributed by atoms with van der Waals surface area (Å²) in [6.07, 6.45) is 0. The summed E-state index contributed by atoms with van der Waals surface area (Å²) in [6, 6.07) is 14.8. The smallest absolute Gasteiger partial charge is 0.265 e. The van der Waals surface area contributed by atoms with Gasteiger partial charge in [0.05, 0.1) is 12.3 Å². The highest BCUT2D eigenvalue weighted by atomic mass is 79.9. The monoisotopic (exact) mass is 390 g/mol. The molecular weight excluding hydrogens is 376 g/mol. The summed E-state index contributed by atoms with van der Waals surface area (Å²) in [6.45, 7) is 0.0282. The van der Waals surface area contributed by atoms with Crippen molar-refractivity contribution in [3.63, 3.8) is 0 Å². The lowest BCUT2D eigenvalue weighted by Gasteiger charge is -2.28. The Balaban J connectivity index is 1.59. The van der Waals surface area contributed by atoms with Gasteiger partial charge in [-0.15, -0.1) is 0 Å². The molecule has 1 N–H and O–H groups in total. The van der Waals surface area contributed by atoms with Crippen LogP contribution in [0.1, 0.15) is 5.56 Å². The number of hydrogen-bond acceptors (Lipinski definition) is 4. The van der Waals surface area contributed by atoms with Crippen molar-refractivity contribution in [2.75, 3.05) is 18.1 Å². The van der Waals surface area contributed by atoms with Gasteiger partial charge in [0, 0.05) is 4.47 Å². The highest BCUT2D eigenvalue weighted by Crippen LogP contribution is 2.34. The van der Waals surface area contributed by atoms with Crippen molar-refractivity contribution in [1.82, 2.24) is 5.48 Å². The molecule has 0 saturated heterocycles. The largest absolute Gasteiger partial charge is 0.482 e. The van der Waals surface area contributed by atoms with E-state index in [1.165, 1.54) is 4.90 Å². The van der Waals surface area contributed by atoms with Gasteiger partial charge in [0.2, 0.25) is 0 Å². The van der Waals surface area contributed by atoms with Crippen molar-refractivity contribution >= 4 is 33.4 Å². The molecule has 7 heteroatoms. The van der Waals surface area contributed by atoms with E-state index in [9.17, 15) is 9.59 Å². The molecule has 0 radical (unpaired) electrons. The minimum atomic E-state index is -0.407. The Bertz CT molecular complexity index is 752.